The second kappa shape index (κ2) is 6.60. The highest BCUT2D eigenvalue weighted by atomic mass is 35.5. The second-order valence-corrected chi connectivity index (χ2v) is 6.56. The number of rotatable bonds is 5. The molecule has 0 heterocycles. The summed E-state index contributed by atoms with van der Waals surface area (Å²) in [7, 11) is -4.20. The molecule has 0 atom stereocenters. The molecule has 1 N–H and O–H groups in total. The smallest absolute Gasteiger partial charge is 0.265 e. The summed E-state index contributed by atoms with van der Waals surface area (Å²) in [6, 6.07) is 8.17. The van der Waals surface area contributed by atoms with Crippen molar-refractivity contribution < 1.29 is 22.3 Å². The molecule has 0 saturated carbocycles. The van der Waals surface area contributed by atoms with E-state index >= 15 is 0 Å². The number of sulfonamides is 1. The Labute approximate surface area is 131 Å². The highest BCUT2D eigenvalue weighted by Crippen LogP contribution is 2.30. The van der Waals surface area contributed by atoms with E-state index in [-0.39, 0.29) is 15.6 Å². The number of halogens is 3. The van der Waals surface area contributed by atoms with Crippen molar-refractivity contribution in [1.29, 1.82) is 0 Å². The Kier molecular flexibility index (Phi) is 5.00. The van der Waals surface area contributed by atoms with Crippen molar-refractivity contribution in [3.63, 3.8) is 0 Å². The molecule has 2 rings (SSSR count). The van der Waals surface area contributed by atoms with Gasteiger partial charge in [0.1, 0.15) is 16.5 Å². The SMILES string of the molecule is O=S(=O)(c1ccccc1Cl)N(CCO)c1ccc(F)cc1F. The fraction of sp³-hybridized carbons (Fsp3) is 0.143. The van der Waals surface area contributed by atoms with Crippen LogP contribution in [0.15, 0.2) is 47.4 Å². The number of hydrogen-bond acceptors (Lipinski definition) is 3. The second-order valence-electron chi connectivity index (χ2n) is 4.33. The van der Waals surface area contributed by atoms with Gasteiger partial charge < -0.3 is 5.11 Å². The third kappa shape index (κ3) is 3.21. The molecule has 0 aliphatic heterocycles. The molecule has 8 heteroatoms. The van der Waals surface area contributed by atoms with Crippen LogP contribution in [0.1, 0.15) is 0 Å². The number of benzene rings is 2. The fourth-order valence-corrected chi connectivity index (χ4v) is 3.88. The third-order valence-corrected chi connectivity index (χ3v) is 5.20. The standard InChI is InChI=1S/C14H12ClF2NO3S/c15-11-3-1-2-4-14(11)22(20,21)18(7-8-19)13-6-5-10(16)9-12(13)17/h1-6,9,19H,7-8H2. The maximum Gasteiger partial charge on any atom is 0.265 e. The Morgan fingerprint density at radius 2 is 1.82 bits per heavy atom. The van der Waals surface area contributed by atoms with Crippen LogP contribution >= 0.6 is 11.6 Å². The van der Waals surface area contributed by atoms with Gasteiger partial charge in [0.2, 0.25) is 0 Å². The van der Waals surface area contributed by atoms with Crippen LogP contribution in [0.25, 0.3) is 0 Å². The van der Waals surface area contributed by atoms with Gasteiger partial charge >= 0.3 is 0 Å². The molecule has 0 spiro atoms. The molecule has 22 heavy (non-hydrogen) atoms. The minimum atomic E-state index is -4.20. The van der Waals surface area contributed by atoms with Crippen molar-refractivity contribution >= 4 is 27.3 Å². The molecule has 0 amide bonds. The molecule has 0 unspecified atom stereocenters. The van der Waals surface area contributed by atoms with Crippen LogP contribution in [-0.2, 0) is 10.0 Å². The lowest BCUT2D eigenvalue weighted by Gasteiger charge is -2.24. The van der Waals surface area contributed by atoms with E-state index < -0.39 is 34.8 Å². The molecule has 0 bridgehead atoms. The summed E-state index contributed by atoms with van der Waals surface area (Å²) in [6.07, 6.45) is 0. The molecule has 4 nitrogen and oxygen atoms in total. The van der Waals surface area contributed by atoms with Crippen LogP contribution in [-0.4, -0.2) is 26.7 Å². The zero-order chi connectivity index (χ0) is 16.3. The van der Waals surface area contributed by atoms with Gasteiger partial charge in [0, 0.05) is 6.07 Å². The molecular formula is C14H12ClF2NO3S. The minimum Gasteiger partial charge on any atom is -0.394 e. The van der Waals surface area contributed by atoms with Gasteiger partial charge in [-0.15, -0.1) is 0 Å². The topological polar surface area (TPSA) is 57.6 Å². The van der Waals surface area contributed by atoms with Crippen LogP contribution < -0.4 is 4.31 Å². The summed E-state index contributed by atoms with van der Waals surface area (Å²) in [5.41, 5.74) is -0.365. The Morgan fingerprint density at radius 3 is 2.41 bits per heavy atom. The predicted octanol–water partition coefficient (Wildman–Crippen LogP) is 2.81. The summed E-state index contributed by atoms with van der Waals surface area (Å²) in [5, 5.41) is 9.05. The van der Waals surface area contributed by atoms with Crippen LogP contribution in [0.2, 0.25) is 5.02 Å². The van der Waals surface area contributed by atoms with E-state index in [1.165, 1.54) is 18.2 Å². The summed E-state index contributed by atoms with van der Waals surface area (Å²) in [6.45, 7) is -0.934. The Balaban J connectivity index is 2.59. The van der Waals surface area contributed by atoms with Gasteiger partial charge in [0.05, 0.1) is 23.9 Å². The van der Waals surface area contributed by atoms with Gasteiger partial charge in [-0.3, -0.25) is 4.31 Å². The number of hydrogen-bond donors (Lipinski definition) is 1. The molecule has 118 valence electrons. The molecule has 0 fully saturated rings. The molecule has 0 radical (unpaired) electrons. The largest absolute Gasteiger partial charge is 0.394 e. The van der Waals surface area contributed by atoms with Crippen molar-refractivity contribution in [2.45, 2.75) is 4.90 Å². The first-order chi connectivity index (χ1) is 10.4. The first-order valence-electron chi connectivity index (χ1n) is 6.21. The lowest BCUT2D eigenvalue weighted by Crippen LogP contribution is -2.34. The first kappa shape index (κ1) is 16.7. The normalized spacial score (nSPS) is 11.5. The van der Waals surface area contributed by atoms with Gasteiger partial charge in [-0.2, -0.15) is 0 Å². The van der Waals surface area contributed by atoms with Crippen LogP contribution in [0.3, 0.4) is 0 Å². The number of aliphatic hydroxyl groups is 1. The highest BCUT2D eigenvalue weighted by Gasteiger charge is 2.28. The minimum absolute atomic E-state index is 0.0343. The Morgan fingerprint density at radius 1 is 1.14 bits per heavy atom. The van der Waals surface area contributed by atoms with E-state index in [0.717, 1.165) is 12.1 Å². The fourth-order valence-electron chi connectivity index (χ4n) is 1.92. The summed E-state index contributed by atoms with van der Waals surface area (Å²) < 4.78 is 52.9. The molecule has 2 aromatic carbocycles. The predicted molar refractivity (Wildman–Crippen MR) is 79.4 cm³/mol. The lowest BCUT2D eigenvalue weighted by molar-refractivity contribution is 0.306. The van der Waals surface area contributed by atoms with E-state index in [0.29, 0.717) is 10.4 Å². The van der Waals surface area contributed by atoms with Gasteiger partial charge in [0.25, 0.3) is 10.0 Å². The maximum atomic E-state index is 13.9. The summed E-state index contributed by atoms with van der Waals surface area (Å²) in [4.78, 5) is -0.228. The average molecular weight is 348 g/mol. The molecule has 0 aliphatic rings. The average Bonchev–Trinajstić information content (AvgIpc) is 2.46. The highest BCUT2D eigenvalue weighted by molar-refractivity contribution is 7.93. The number of nitrogens with zero attached hydrogens (tertiary/aromatic N) is 1. The molecule has 2 aromatic rings. The van der Waals surface area contributed by atoms with Crippen molar-refractivity contribution in [1.82, 2.24) is 0 Å². The molecule has 0 aliphatic carbocycles. The van der Waals surface area contributed by atoms with Crippen molar-refractivity contribution in [2.75, 3.05) is 17.5 Å². The monoisotopic (exact) mass is 347 g/mol. The maximum absolute atomic E-state index is 13.9. The number of aliphatic hydroxyl groups excluding tert-OH is 1. The van der Waals surface area contributed by atoms with Gasteiger partial charge in [0.15, 0.2) is 0 Å². The van der Waals surface area contributed by atoms with Crippen molar-refractivity contribution in [3.8, 4) is 0 Å². The van der Waals surface area contributed by atoms with E-state index in [4.69, 9.17) is 16.7 Å². The van der Waals surface area contributed by atoms with Gasteiger partial charge in [-0.1, -0.05) is 23.7 Å². The van der Waals surface area contributed by atoms with Crippen molar-refractivity contribution in [2.24, 2.45) is 0 Å². The summed E-state index contributed by atoms with van der Waals surface area (Å²) in [5.74, 6) is -1.88. The van der Waals surface area contributed by atoms with E-state index in [1.54, 1.807) is 6.07 Å². The van der Waals surface area contributed by atoms with E-state index in [9.17, 15) is 17.2 Å². The lowest BCUT2D eigenvalue weighted by atomic mass is 10.3. The van der Waals surface area contributed by atoms with Crippen LogP contribution in [0, 0.1) is 11.6 Å². The van der Waals surface area contributed by atoms with E-state index in [2.05, 4.69) is 0 Å². The zero-order valence-corrected chi connectivity index (χ0v) is 12.8. The number of anilines is 1. The first-order valence-corrected chi connectivity index (χ1v) is 8.03. The van der Waals surface area contributed by atoms with Gasteiger partial charge in [-0.25, -0.2) is 17.2 Å². The van der Waals surface area contributed by atoms with Crippen LogP contribution in [0.5, 0.6) is 0 Å². The third-order valence-electron chi connectivity index (χ3n) is 2.89. The Bertz CT molecular complexity index is 783. The zero-order valence-electron chi connectivity index (χ0n) is 11.2. The van der Waals surface area contributed by atoms with Gasteiger partial charge in [-0.05, 0) is 24.3 Å². The van der Waals surface area contributed by atoms with Crippen LogP contribution in [0.4, 0.5) is 14.5 Å². The molecular weight excluding hydrogens is 336 g/mol. The summed E-state index contributed by atoms with van der Waals surface area (Å²) >= 11 is 5.88. The molecule has 0 saturated heterocycles. The molecule has 0 aromatic heterocycles. The Hall–Kier alpha value is -1.70. The van der Waals surface area contributed by atoms with Crippen molar-refractivity contribution in [3.05, 3.63) is 59.1 Å². The van der Waals surface area contributed by atoms with E-state index in [1.807, 2.05) is 0 Å². The quantitative estimate of drug-likeness (QED) is 0.904.